The van der Waals surface area contributed by atoms with Crippen LogP contribution in [0.15, 0.2) is 55.0 Å². The predicted octanol–water partition coefficient (Wildman–Crippen LogP) is 4.13. The van der Waals surface area contributed by atoms with Crippen molar-refractivity contribution in [1.29, 1.82) is 0 Å². The Balaban J connectivity index is 1.74. The fraction of sp³-hybridized carbons (Fsp3) is 0.105. The van der Waals surface area contributed by atoms with Crippen LogP contribution in [-0.4, -0.2) is 19.7 Å². The van der Waals surface area contributed by atoms with Crippen LogP contribution in [0, 0.1) is 18.7 Å². The highest BCUT2D eigenvalue weighted by molar-refractivity contribution is 5.80. The Kier molecular flexibility index (Phi) is 3.72. The van der Waals surface area contributed by atoms with Gasteiger partial charge in [0.2, 0.25) is 5.95 Å². The minimum Gasteiger partial charge on any atom is -0.259 e. The van der Waals surface area contributed by atoms with Gasteiger partial charge in [0.15, 0.2) is 0 Å². The summed E-state index contributed by atoms with van der Waals surface area (Å²) >= 11 is 0. The molecule has 0 bridgehead atoms. The molecule has 124 valence electrons. The molecule has 0 amide bonds. The van der Waals surface area contributed by atoms with Gasteiger partial charge in [-0.3, -0.25) is 9.67 Å². The molecule has 4 aromatic rings. The highest BCUT2D eigenvalue weighted by Crippen LogP contribution is 2.24. The molecule has 4 nitrogen and oxygen atoms in total. The van der Waals surface area contributed by atoms with Crippen LogP contribution in [0.2, 0.25) is 0 Å². The molecule has 3 aromatic heterocycles. The molecular formula is C19H14F2N4. The van der Waals surface area contributed by atoms with Gasteiger partial charge in [-0.1, -0.05) is 12.1 Å². The first-order valence-corrected chi connectivity index (χ1v) is 7.79. The summed E-state index contributed by atoms with van der Waals surface area (Å²) in [5, 5.41) is 4.35. The highest BCUT2D eigenvalue weighted by Gasteiger charge is 2.09. The quantitative estimate of drug-likeness (QED) is 0.528. The lowest BCUT2D eigenvalue weighted by Crippen LogP contribution is -2.02. The first-order chi connectivity index (χ1) is 12.1. The van der Waals surface area contributed by atoms with Gasteiger partial charge in [-0.15, -0.1) is 0 Å². The van der Waals surface area contributed by atoms with E-state index in [1.54, 1.807) is 42.2 Å². The minimum absolute atomic E-state index is 0.230. The van der Waals surface area contributed by atoms with Crippen molar-refractivity contribution in [2.75, 3.05) is 0 Å². The molecule has 0 saturated heterocycles. The summed E-state index contributed by atoms with van der Waals surface area (Å²) in [4.78, 5) is 8.10. The fourth-order valence-corrected chi connectivity index (χ4v) is 2.74. The van der Waals surface area contributed by atoms with Crippen LogP contribution in [0.1, 0.15) is 11.1 Å². The lowest BCUT2D eigenvalue weighted by Gasteiger charge is -2.06. The number of nitrogens with zero attached hydrogens (tertiary/aromatic N) is 4. The van der Waals surface area contributed by atoms with Crippen molar-refractivity contribution < 1.29 is 8.78 Å². The maximum absolute atomic E-state index is 13.5. The second-order valence-electron chi connectivity index (χ2n) is 5.88. The third-order valence-electron chi connectivity index (χ3n) is 4.11. The smallest absolute Gasteiger partial charge is 0.212 e. The molecule has 0 aliphatic carbocycles. The molecule has 3 heterocycles. The number of halogens is 2. The molecule has 0 aliphatic rings. The van der Waals surface area contributed by atoms with E-state index in [-0.39, 0.29) is 5.82 Å². The van der Waals surface area contributed by atoms with Crippen LogP contribution in [0.5, 0.6) is 0 Å². The van der Waals surface area contributed by atoms with E-state index in [0.717, 1.165) is 27.7 Å². The summed E-state index contributed by atoms with van der Waals surface area (Å²) in [5.41, 5.74) is 4.82. The molecule has 25 heavy (non-hydrogen) atoms. The average Bonchev–Trinajstić information content (AvgIpc) is 3.01. The van der Waals surface area contributed by atoms with Gasteiger partial charge in [0.1, 0.15) is 11.3 Å². The zero-order valence-electron chi connectivity index (χ0n) is 13.4. The second-order valence-corrected chi connectivity index (χ2v) is 5.88. The molecule has 0 spiro atoms. The van der Waals surface area contributed by atoms with Gasteiger partial charge in [-0.2, -0.15) is 9.49 Å². The van der Waals surface area contributed by atoms with Crippen molar-refractivity contribution in [2.24, 2.45) is 0 Å². The van der Waals surface area contributed by atoms with Crippen LogP contribution in [0.3, 0.4) is 0 Å². The summed E-state index contributed by atoms with van der Waals surface area (Å²) in [6.45, 7) is 2.20. The molecular weight excluding hydrogens is 322 g/mol. The number of aryl methyl sites for hydroxylation is 1. The van der Waals surface area contributed by atoms with Crippen molar-refractivity contribution >= 4 is 11.0 Å². The zero-order chi connectivity index (χ0) is 17.4. The Hall–Kier alpha value is -3.15. The number of pyridine rings is 2. The van der Waals surface area contributed by atoms with Gasteiger partial charge < -0.3 is 0 Å². The second kappa shape index (κ2) is 6.05. The molecule has 0 radical (unpaired) electrons. The van der Waals surface area contributed by atoms with Gasteiger partial charge >= 0.3 is 0 Å². The number of rotatable bonds is 3. The van der Waals surface area contributed by atoms with E-state index in [2.05, 4.69) is 15.1 Å². The Labute approximate surface area is 142 Å². The Morgan fingerprint density at radius 2 is 1.80 bits per heavy atom. The SMILES string of the molecule is Cc1cc(-c2cnc3cnn(Cc4ccc(F)nc4)c3c2)ccc1F. The number of fused-ring (bicyclic) bond motifs is 1. The number of benzene rings is 1. The van der Waals surface area contributed by atoms with Crippen LogP contribution in [0.4, 0.5) is 8.78 Å². The van der Waals surface area contributed by atoms with E-state index in [1.165, 1.54) is 18.3 Å². The van der Waals surface area contributed by atoms with Gasteiger partial charge in [-0.05, 0) is 47.9 Å². The predicted molar refractivity (Wildman–Crippen MR) is 91.0 cm³/mol. The molecule has 6 heteroatoms. The maximum atomic E-state index is 13.5. The molecule has 0 aliphatic heterocycles. The monoisotopic (exact) mass is 336 g/mol. The summed E-state index contributed by atoms with van der Waals surface area (Å²) in [7, 11) is 0. The number of hydrogen-bond acceptors (Lipinski definition) is 3. The topological polar surface area (TPSA) is 43.6 Å². The number of aromatic nitrogens is 4. The summed E-state index contributed by atoms with van der Waals surface area (Å²) in [6.07, 6.45) is 4.93. The van der Waals surface area contributed by atoms with E-state index in [9.17, 15) is 8.78 Å². The highest BCUT2D eigenvalue weighted by atomic mass is 19.1. The van der Waals surface area contributed by atoms with Crippen molar-refractivity contribution in [3.8, 4) is 11.1 Å². The standard InChI is InChI=1S/C19H14F2N4/c1-12-6-14(3-4-16(12)20)15-7-18-17(22-9-15)10-24-25(18)11-13-2-5-19(21)23-8-13/h2-10H,11H2,1H3. The van der Waals surface area contributed by atoms with Crippen LogP contribution in [-0.2, 0) is 6.54 Å². The Morgan fingerprint density at radius 3 is 2.56 bits per heavy atom. The third-order valence-corrected chi connectivity index (χ3v) is 4.11. The molecule has 0 N–H and O–H groups in total. The van der Waals surface area contributed by atoms with E-state index in [0.29, 0.717) is 12.1 Å². The Bertz CT molecular complexity index is 1050. The first-order valence-electron chi connectivity index (χ1n) is 7.79. The average molecular weight is 336 g/mol. The van der Waals surface area contributed by atoms with Crippen molar-refractivity contribution in [3.05, 3.63) is 77.9 Å². The Morgan fingerprint density at radius 1 is 0.920 bits per heavy atom. The lowest BCUT2D eigenvalue weighted by molar-refractivity contribution is 0.580. The largest absolute Gasteiger partial charge is 0.259 e. The number of hydrogen-bond donors (Lipinski definition) is 0. The summed E-state index contributed by atoms with van der Waals surface area (Å²) < 4.78 is 28.2. The van der Waals surface area contributed by atoms with Crippen molar-refractivity contribution in [2.45, 2.75) is 13.5 Å². The molecule has 0 unspecified atom stereocenters. The summed E-state index contributed by atoms with van der Waals surface area (Å²) in [6, 6.07) is 9.95. The maximum Gasteiger partial charge on any atom is 0.212 e. The minimum atomic E-state index is -0.510. The van der Waals surface area contributed by atoms with Crippen LogP contribution < -0.4 is 0 Å². The lowest BCUT2D eigenvalue weighted by atomic mass is 10.0. The van der Waals surface area contributed by atoms with E-state index in [1.807, 2.05) is 6.07 Å². The summed E-state index contributed by atoms with van der Waals surface area (Å²) in [5.74, 6) is -0.739. The van der Waals surface area contributed by atoms with Crippen molar-refractivity contribution in [1.82, 2.24) is 19.7 Å². The third kappa shape index (κ3) is 2.98. The van der Waals surface area contributed by atoms with Gasteiger partial charge in [0.25, 0.3) is 0 Å². The molecule has 0 fully saturated rings. The molecule has 0 atom stereocenters. The van der Waals surface area contributed by atoms with Gasteiger partial charge in [0.05, 0.1) is 18.3 Å². The van der Waals surface area contributed by atoms with E-state index < -0.39 is 5.95 Å². The van der Waals surface area contributed by atoms with Crippen LogP contribution in [0.25, 0.3) is 22.2 Å². The fourth-order valence-electron chi connectivity index (χ4n) is 2.74. The zero-order valence-corrected chi connectivity index (χ0v) is 13.4. The van der Waals surface area contributed by atoms with Crippen LogP contribution >= 0.6 is 0 Å². The molecule has 1 aromatic carbocycles. The molecule has 4 rings (SSSR count). The van der Waals surface area contributed by atoms with Gasteiger partial charge in [0, 0.05) is 18.0 Å². The first kappa shape index (κ1) is 15.4. The van der Waals surface area contributed by atoms with Gasteiger partial charge in [-0.25, -0.2) is 9.37 Å². The van der Waals surface area contributed by atoms with E-state index >= 15 is 0 Å². The molecule has 0 saturated carbocycles. The van der Waals surface area contributed by atoms with E-state index in [4.69, 9.17) is 0 Å². The van der Waals surface area contributed by atoms with Crippen molar-refractivity contribution in [3.63, 3.8) is 0 Å². The normalized spacial score (nSPS) is 11.2.